The maximum atomic E-state index is 14.2. The third kappa shape index (κ3) is 7.64. The van der Waals surface area contributed by atoms with Crippen molar-refractivity contribution in [1.29, 1.82) is 0 Å². The van der Waals surface area contributed by atoms with E-state index < -0.39 is 10.0 Å². The Hall–Kier alpha value is -3.99. The van der Waals surface area contributed by atoms with Crippen molar-refractivity contribution in [2.24, 2.45) is 11.8 Å². The monoisotopic (exact) mass is 633 g/mol. The topological polar surface area (TPSA) is 122 Å². The van der Waals surface area contributed by atoms with E-state index in [9.17, 15) is 18.0 Å². The Morgan fingerprint density at radius 1 is 1.04 bits per heavy atom. The first-order chi connectivity index (χ1) is 21.4. The molecule has 0 aliphatic carbocycles. The number of sulfonamides is 1. The van der Waals surface area contributed by atoms with Gasteiger partial charge in [-0.05, 0) is 80.7 Å². The van der Waals surface area contributed by atoms with Gasteiger partial charge in [-0.25, -0.2) is 18.1 Å². The van der Waals surface area contributed by atoms with Crippen molar-refractivity contribution in [2.45, 2.75) is 71.2 Å². The molecule has 1 aromatic heterocycles. The summed E-state index contributed by atoms with van der Waals surface area (Å²) in [7, 11) is -4.13. The number of fused-ring (bicyclic) bond motifs is 4. The lowest BCUT2D eigenvalue weighted by molar-refractivity contribution is -0.130. The first-order valence-corrected chi connectivity index (χ1v) is 17.2. The van der Waals surface area contributed by atoms with Crippen LogP contribution in [0.5, 0.6) is 5.88 Å². The van der Waals surface area contributed by atoms with Gasteiger partial charge in [0.2, 0.25) is 17.7 Å². The van der Waals surface area contributed by atoms with Gasteiger partial charge in [0.1, 0.15) is 6.61 Å². The van der Waals surface area contributed by atoms with E-state index in [4.69, 9.17) is 4.74 Å². The number of hydrogen-bond donors (Lipinski definition) is 1. The minimum Gasteiger partial charge on any atom is -0.475 e. The first kappa shape index (κ1) is 32.4. The van der Waals surface area contributed by atoms with E-state index in [0.717, 1.165) is 49.0 Å². The third-order valence-corrected chi connectivity index (χ3v) is 10.1. The second-order valence-corrected chi connectivity index (χ2v) is 14.3. The number of aromatic nitrogens is 2. The second kappa shape index (κ2) is 13.6. The molecule has 11 heteroatoms. The van der Waals surface area contributed by atoms with Gasteiger partial charge in [0.15, 0.2) is 0 Å². The number of amides is 2. The second-order valence-electron chi connectivity index (χ2n) is 12.6. The molecule has 0 spiro atoms. The van der Waals surface area contributed by atoms with E-state index in [-0.39, 0.29) is 47.1 Å². The van der Waals surface area contributed by atoms with Gasteiger partial charge in [-0.2, -0.15) is 4.98 Å². The van der Waals surface area contributed by atoms with Gasteiger partial charge in [0.25, 0.3) is 15.9 Å². The summed E-state index contributed by atoms with van der Waals surface area (Å²) >= 11 is 0. The molecule has 1 saturated heterocycles. The van der Waals surface area contributed by atoms with Crippen LogP contribution in [0.15, 0.2) is 53.4 Å². The van der Waals surface area contributed by atoms with Crippen LogP contribution < -0.4 is 9.46 Å². The SMILES string of the molecule is CC(=O)N1CCC(CCN2C(=O)c3cccc(c3)S(=O)(=O)Nc3nc(cc(-c4c(C)cccc4C)n3)OC[C@H]2CC(C)C)CC1. The van der Waals surface area contributed by atoms with Crippen molar-refractivity contribution < 1.29 is 22.7 Å². The lowest BCUT2D eigenvalue weighted by Crippen LogP contribution is -2.46. The molecule has 2 amide bonds. The summed E-state index contributed by atoms with van der Waals surface area (Å²) in [6, 6.07) is 13.5. The number of nitrogens with one attached hydrogen (secondary N) is 1. The van der Waals surface area contributed by atoms with Gasteiger partial charge in [0, 0.05) is 43.8 Å². The number of carbonyl (C=O) groups excluding carboxylic acids is 2. The Morgan fingerprint density at radius 2 is 1.73 bits per heavy atom. The van der Waals surface area contributed by atoms with E-state index in [0.29, 0.717) is 30.1 Å². The lowest BCUT2D eigenvalue weighted by atomic mass is 9.92. The third-order valence-electron chi connectivity index (χ3n) is 8.76. The van der Waals surface area contributed by atoms with Crippen LogP contribution in [0.1, 0.15) is 67.9 Å². The number of carbonyl (C=O) groups is 2. The molecule has 1 fully saturated rings. The van der Waals surface area contributed by atoms with E-state index in [1.165, 1.54) is 12.1 Å². The van der Waals surface area contributed by atoms with Gasteiger partial charge in [-0.3, -0.25) is 9.59 Å². The van der Waals surface area contributed by atoms with Gasteiger partial charge in [-0.1, -0.05) is 38.1 Å². The number of aryl methyl sites for hydroxylation is 2. The Morgan fingerprint density at radius 3 is 2.40 bits per heavy atom. The summed E-state index contributed by atoms with van der Waals surface area (Å²) < 4.78 is 36.0. The molecular weight excluding hydrogens is 590 g/mol. The predicted molar refractivity (Wildman–Crippen MR) is 174 cm³/mol. The minimum absolute atomic E-state index is 0.0481. The maximum absolute atomic E-state index is 14.2. The zero-order valence-corrected chi connectivity index (χ0v) is 27.6. The molecule has 2 aromatic carbocycles. The standard InChI is InChI=1S/C34H43N5O5S/c1-22(2)18-28-21-44-31-20-30(32-23(3)8-6-9-24(32)4)35-34(36-31)37-45(42,43)29-11-7-10-27(19-29)33(41)39(28)17-14-26-12-15-38(16-13-26)25(5)40/h6-11,19-20,22,26,28H,12-18,21H2,1-5H3,(H,35,36,37)/t28-/m1/s1. The van der Waals surface area contributed by atoms with E-state index in [1.807, 2.05) is 41.8 Å². The molecule has 0 radical (unpaired) electrons. The maximum Gasteiger partial charge on any atom is 0.264 e. The summed E-state index contributed by atoms with van der Waals surface area (Å²) in [6.45, 7) is 11.9. The lowest BCUT2D eigenvalue weighted by Gasteiger charge is -2.36. The van der Waals surface area contributed by atoms with E-state index in [1.54, 1.807) is 25.1 Å². The van der Waals surface area contributed by atoms with Crippen molar-refractivity contribution in [3.05, 3.63) is 65.2 Å². The Kier molecular flexibility index (Phi) is 9.76. The Bertz CT molecular complexity index is 1650. The van der Waals surface area contributed by atoms with Crippen LogP contribution in [-0.4, -0.2) is 72.3 Å². The summed E-state index contributed by atoms with van der Waals surface area (Å²) in [6.07, 6.45) is 3.24. The summed E-state index contributed by atoms with van der Waals surface area (Å²) in [5.41, 5.74) is 3.69. The molecule has 2 aliphatic heterocycles. The van der Waals surface area contributed by atoms with Crippen molar-refractivity contribution in [1.82, 2.24) is 19.8 Å². The van der Waals surface area contributed by atoms with Crippen molar-refractivity contribution in [2.75, 3.05) is 31.0 Å². The molecule has 10 nitrogen and oxygen atoms in total. The predicted octanol–water partition coefficient (Wildman–Crippen LogP) is 5.46. The van der Waals surface area contributed by atoms with Crippen LogP contribution in [0.2, 0.25) is 0 Å². The zero-order valence-electron chi connectivity index (χ0n) is 26.7. The molecule has 3 heterocycles. The van der Waals surface area contributed by atoms with Gasteiger partial charge in [-0.15, -0.1) is 0 Å². The minimum atomic E-state index is -4.13. The first-order valence-electron chi connectivity index (χ1n) is 15.7. The highest BCUT2D eigenvalue weighted by molar-refractivity contribution is 7.92. The van der Waals surface area contributed by atoms with E-state index >= 15 is 0 Å². The Balaban J connectivity index is 1.54. The average Bonchev–Trinajstić information content (AvgIpc) is 2.99. The van der Waals surface area contributed by atoms with Crippen molar-refractivity contribution in [3.8, 4) is 17.1 Å². The molecule has 4 bridgehead atoms. The van der Waals surface area contributed by atoms with Gasteiger partial charge < -0.3 is 14.5 Å². The number of anilines is 1. The van der Waals surface area contributed by atoms with Gasteiger partial charge in [0.05, 0.1) is 16.6 Å². The number of hydrogen-bond acceptors (Lipinski definition) is 7. The fraction of sp³-hybridized carbons (Fsp3) is 0.471. The molecule has 45 heavy (non-hydrogen) atoms. The molecule has 0 saturated carbocycles. The van der Waals surface area contributed by atoms with Crippen LogP contribution in [0.4, 0.5) is 5.95 Å². The normalized spacial score (nSPS) is 18.8. The fourth-order valence-electron chi connectivity index (χ4n) is 6.35. The van der Waals surface area contributed by atoms with Crippen molar-refractivity contribution in [3.63, 3.8) is 0 Å². The fourth-order valence-corrected chi connectivity index (χ4v) is 7.34. The zero-order chi connectivity index (χ0) is 32.3. The summed E-state index contributed by atoms with van der Waals surface area (Å²) in [5.74, 6) is 0.617. The largest absolute Gasteiger partial charge is 0.475 e. The molecule has 1 atom stereocenters. The molecular formula is C34H43N5O5S. The molecule has 2 aliphatic rings. The summed E-state index contributed by atoms with van der Waals surface area (Å²) in [4.78, 5) is 38.8. The number of likely N-dealkylation sites (tertiary alicyclic amines) is 1. The number of rotatable bonds is 6. The van der Waals surface area contributed by atoms with E-state index in [2.05, 4.69) is 28.5 Å². The smallest absolute Gasteiger partial charge is 0.264 e. The molecule has 3 aromatic rings. The highest BCUT2D eigenvalue weighted by Crippen LogP contribution is 2.31. The number of piperidine rings is 1. The van der Waals surface area contributed by atoms with Crippen molar-refractivity contribution >= 4 is 27.8 Å². The molecule has 240 valence electrons. The highest BCUT2D eigenvalue weighted by Gasteiger charge is 2.30. The number of ether oxygens (including phenoxy) is 1. The Labute approximate surface area is 266 Å². The number of nitrogens with zero attached hydrogens (tertiary/aromatic N) is 4. The quantitative estimate of drug-likeness (QED) is 0.383. The molecule has 0 unspecified atom stereocenters. The van der Waals surface area contributed by atoms with Crippen LogP contribution in [0.25, 0.3) is 11.3 Å². The van der Waals surface area contributed by atoms with Crippen LogP contribution >= 0.6 is 0 Å². The van der Waals surface area contributed by atoms with Crippen LogP contribution in [0, 0.1) is 25.7 Å². The van der Waals surface area contributed by atoms with Crippen LogP contribution in [-0.2, 0) is 14.8 Å². The number of benzene rings is 2. The average molecular weight is 634 g/mol. The highest BCUT2D eigenvalue weighted by atomic mass is 32.2. The van der Waals surface area contributed by atoms with Crippen LogP contribution in [0.3, 0.4) is 0 Å². The van der Waals surface area contributed by atoms with Gasteiger partial charge >= 0.3 is 0 Å². The molecule has 1 N–H and O–H groups in total. The summed E-state index contributed by atoms with van der Waals surface area (Å²) in [5, 5.41) is 0. The molecule has 5 rings (SSSR count).